The summed E-state index contributed by atoms with van der Waals surface area (Å²) < 4.78 is 13.7. The van der Waals surface area contributed by atoms with E-state index in [1.807, 2.05) is 31.2 Å². The van der Waals surface area contributed by atoms with E-state index in [1.54, 1.807) is 6.07 Å². The lowest BCUT2D eigenvalue weighted by Gasteiger charge is -2.15. The molecule has 1 atom stereocenters. The van der Waals surface area contributed by atoms with Crippen molar-refractivity contribution in [3.05, 3.63) is 64.4 Å². The predicted octanol–water partition coefficient (Wildman–Crippen LogP) is 4.04. The minimum Gasteiger partial charge on any atom is -0.508 e. The Balaban J connectivity index is 2.01. The molecule has 0 aliphatic rings. The summed E-state index contributed by atoms with van der Waals surface area (Å²) in [7, 11) is 0. The van der Waals surface area contributed by atoms with Gasteiger partial charge in [-0.2, -0.15) is 0 Å². The Labute approximate surface area is 116 Å². The summed E-state index contributed by atoms with van der Waals surface area (Å²) in [6.45, 7) is 2.50. The molecule has 2 aromatic rings. The van der Waals surface area contributed by atoms with Gasteiger partial charge in [0.25, 0.3) is 0 Å². The van der Waals surface area contributed by atoms with Gasteiger partial charge in [0.05, 0.1) is 0 Å². The number of phenolic OH excluding ortho intramolecular Hbond substituents is 1. The highest BCUT2D eigenvalue weighted by atomic mass is 35.5. The van der Waals surface area contributed by atoms with E-state index >= 15 is 0 Å². The van der Waals surface area contributed by atoms with Crippen LogP contribution in [0.3, 0.4) is 0 Å². The Morgan fingerprint density at radius 2 is 1.89 bits per heavy atom. The summed E-state index contributed by atoms with van der Waals surface area (Å²) in [6, 6.07) is 11.6. The van der Waals surface area contributed by atoms with Gasteiger partial charge in [0.1, 0.15) is 11.6 Å². The largest absolute Gasteiger partial charge is 0.508 e. The zero-order valence-electron chi connectivity index (χ0n) is 10.5. The van der Waals surface area contributed by atoms with Crippen LogP contribution in [-0.2, 0) is 6.54 Å². The molecule has 0 radical (unpaired) electrons. The van der Waals surface area contributed by atoms with Gasteiger partial charge in [-0.1, -0.05) is 29.8 Å². The zero-order chi connectivity index (χ0) is 13.8. The van der Waals surface area contributed by atoms with E-state index in [0.717, 1.165) is 11.6 Å². The van der Waals surface area contributed by atoms with Crippen LogP contribution in [0.4, 0.5) is 4.39 Å². The van der Waals surface area contributed by atoms with Gasteiger partial charge >= 0.3 is 0 Å². The Kier molecular flexibility index (Phi) is 4.40. The quantitative estimate of drug-likeness (QED) is 0.885. The molecule has 0 spiro atoms. The molecule has 0 heterocycles. The third kappa shape index (κ3) is 3.69. The van der Waals surface area contributed by atoms with Crippen LogP contribution in [0.1, 0.15) is 24.1 Å². The van der Waals surface area contributed by atoms with Crippen LogP contribution in [0.5, 0.6) is 5.75 Å². The van der Waals surface area contributed by atoms with Gasteiger partial charge in [0.2, 0.25) is 0 Å². The first-order valence-corrected chi connectivity index (χ1v) is 6.40. The van der Waals surface area contributed by atoms with Crippen LogP contribution in [0.15, 0.2) is 42.5 Å². The Bertz CT molecular complexity index is 557. The molecule has 0 aromatic heterocycles. The molecule has 1 unspecified atom stereocenters. The average Bonchev–Trinajstić information content (AvgIpc) is 2.37. The monoisotopic (exact) mass is 279 g/mol. The minimum absolute atomic E-state index is 0.0637. The zero-order valence-corrected chi connectivity index (χ0v) is 11.3. The fraction of sp³-hybridized carbons (Fsp3) is 0.200. The molecule has 100 valence electrons. The molecule has 0 aliphatic carbocycles. The molecule has 0 amide bonds. The van der Waals surface area contributed by atoms with Crippen LogP contribution in [0, 0.1) is 5.82 Å². The fourth-order valence-electron chi connectivity index (χ4n) is 1.85. The Hall–Kier alpha value is -1.58. The maximum Gasteiger partial charge on any atom is 0.131 e. The molecule has 2 N–H and O–H groups in total. The highest BCUT2D eigenvalue weighted by Gasteiger charge is 2.10. The van der Waals surface area contributed by atoms with E-state index in [4.69, 9.17) is 11.6 Å². The molecule has 0 bridgehead atoms. The number of aromatic hydroxyl groups is 1. The van der Waals surface area contributed by atoms with Crippen molar-refractivity contribution in [2.45, 2.75) is 19.5 Å². The third-order valence-corrected chi connectivity index (χ3v) is 3.23. The normalized spacial score (nSPS) is 12.4. The first-order chi connectivity index (χ1) is 9.06. The van der Waals surface area contributed by atoms with E-state index in [2.05, 4.69) is 5.32 Å². The van der Waals surface area contributed by atoms with Crippen molar-refractivity contribution < 1.29 is 9.50 Å². The summed E-state index contributed by atoms with van der Waals surface area (Å²) in [6.07, 6.45) is 0. The summed E-state index contributed by atoms with van der Waals surface area (Å²) >= 11 is 5.81. The summed E-state index contributed by atoms with van der Waals surface area (Å²) in [5.74, 6) is -0.470. The highest BCUT2D eigenvalue weighted by Crippen LogP contribution is 2.21. The number of halogens is 2. The minimum atomic E-state index is -0.406. The van der Waals surface area contributed by atoms with Gasteiger partial charge < -0.3 is 10.4 Å². The molecular formula is C15H15ClFNO. The molecule has 0 saturated heterocycles. The number of hydrogen-bond donors (Lipinski definition) is 2. The molecule has 4 heteroatoms. The molecule has 0 aliphatic heterocycles. The van der Waals surface area contributed by atoms with Gasteiger partial charge in [0.15, 0.2) is 0 Å². The van der Waals surface area contributed by atoms with Crippen molar-refractivity contribution in [2.75, 3.05) is 0 Å². The van der Waals surface area contributed by atoms with Crippen molar-refractivity contribution in [3.63, 3.8) is 0 Å². The summed E-state index contributed by atoms with van der Waals surface area (Å²) in [5, 5.41) is 13.1. The second-order valence-electron chi connectivity index (χ2n) is 4.43. The summed E-state index contributed by atoms with van der Waals surface area (Å²) in [5.41, 5.74) is 1.61. The maximum absolute atomic E-state index is 13.7. The standard InChI is InChI=1S/C15H15ClFNO/c1-10(14-7-6-13(19)8-15(14)17)18-9-11-2-4-12(16)5-3-11/h2-8,10,18-19H,9H2,1H3. The molecule has 0 saturated carbocycles. The molecule has 2 nitrogen and oxygen atoms in total. The van der Waals surface area contributed by atoms with Crippen LogP contribution in [0.25, 0.3) is 0 Å². The summed E-state index contributed by atoms with van der Waals surface area (Å²) in [4.78, 5) is 0. The van der Waals surface area contributed by atoms with Crippen LogP contribution >= 0.6 is 11.6 Å². The topological polar surface area (TPSA) is 32.3 Å². The van der Waals surface area contributed by atoms with Crippen molar-refractivity contribution in [2.24, 2.45) is 0 Å². The lowest BCUT2D eigenvalue weighted by atomic mass is 10.1. The Morgan fingerprint density at radius 3 is 2.53 bits per heavy atom. The van der Waals surface area contributed by atoms with E-state index < -0.39 is 5.82 Å². The molecule has 2 aromatic carbocycles. The van der Waals surface area contributed by atoms with Crippen molar-refractivity contribution >= 4 is 11.6 Å². The second-order valence-corrected chi connectivity index (χ2v) is 4.87. The Morgan fingerprint density at radius 1 is 1.21 bits per heavy atom. The lowest BCUT2D eigenvalue weighted by Crippen LogP contribution is -2.19. The van der Waals surface area contributed by atoms with Crippen LogP contribution in [0.2, 0.25) is 5.02 Å². The number of rotatable bonds is 4. The fourth-order valence-corrected chi connectivity index (χ4v) is 1.98. The van der Waals surface area contributed by atoms with Gasteiger partial charge in [-0.15, -0.1) is 0 Å². The lowest BCUT2D eigenvalue weighted by molar-refractivity contribution is 0.463. The van der Waals surface area contributed by atoms with Gasteiger partial charge in [-0.25, -0.2) is 4.39 Å². The number of nitrogens with one attached hydrogen (secondary N) is 1. The van der Waals surface area contributed by atoms with Crippen LogP contribution < -0.4 is 5.32 Å². The maximum atomic E-state index is 13.7. The second kappa shape index (κ2) is 6.04. The van der Waals surface area contributed by atoms with Gasteiger partial charge in [-0.05, 0) is 30.7 Å². The van der Waals surface area contributed by atoms with Crippen LogP contribution in [-0.4, -0.2) is 5.11 Å². The van der Waals surface area contributed by atoms with E-state index in [-0.39, 0.29) is 11.8 Å². The number of hydrogen-bond acceptors (Lipinski definition) is 2. The third-order valence-electron chi connectivity index (χ3n) is 2.98. The van der Waals surface area contributed by atoms with Crippen molar-refractivity contribution in [1.82, 2.24) is 5.32 Å². The van der Waals surface area contributed by atoms with E-state index in [9.17, 15) is 9.50 Å². The SMILES string of the molecule is CC(NCc1ccc(Cl)cc1)c1ccc(O)cc1F. The predicted molar refractivity (Wildman–Crippen MR) is 74.8 cm³/mol. The van der Waals surface area contributed by atoms with Gasteiger partial charge in [-0.3, -0.25) is 0 Å². The van der Waals surface area contributed by atoms with E-state index in [1.165, 1.54) is 6.07 Å². The highest BCUT2D eigenvalue weighted by molar-refractivity contribution is 6.30. The molecule has 19 heavy (non-hydrogen) atoms. The number of phenols is 1. The molecular weight excluding hydrogens is 265 g/mol. The van der Waals surface area contributed by atoms with Crippen molar-refractivity contribution in [3.8, 4) is 5.75 Å². The average molecular weight is 280 g/mol. The smallest absolute Gasteiger partial charge is 0.131 e. The molecule has 0 fully saturated rings. The molecule has 2 rings (SSSR count). The van der Waals surface area contributed by atoms with Crippen molar-refractivity contribution in [1.29, 1.82) is 0 Å². The van der Waals surface area contributed by atoms with Gasteiger partial charge in [0, 0.05) is 29.2 Å². The first kappa shape index (κ1) is 13.8. The first-order valence-electron chi connectivity index (χ1n) is 6.02. The van der Waals surface area contributed by atoms with E-state index in [0.29, 0.717) is 17.1 Å². The number of benzene rings is 2.